The van der Waals surface area contributed by atoms with Gasteiger partial charge in [-0.2, -0.15) is 9.97 Å². The number of benzene rings is 2. The van der Waals surface area contributed by atoms with Crippen LogP contribution in [0.3, 0.4) is 0 Å². The Morgan fingerprint density at radius 3 is 2.33 bits per heavy atom. The number of hydrogen-bond acceptors (Lipinski definition) is 7. The molecule has 1 saturated carbocycles. The first-order valence-corrected chi connectivity index (χ1v) is 19.4. The maximum Gasteiger partial charge on any atom is 0.343 e. The molecule has 0 amide bonds. The number of anilines is 1. The normalized spacial score (nSPS) is 14.3. The summed E-state index contributed by atoms with van der Waals surface area (Å²) in [5, 5.41) is 1.49. The third kappa shape index (κ3) is 6.20. The van der Waals surface area contributed by atoms with Gasteiger partial charge in [0.2, 0.25) is 0 Å². The van der Waals surface area contributed by atoms with Crippen molar-refractivity contribution in [3.8, 4) is 28.5 Å². The molecule has 0 aliphatic heterocycles. The van der Waals surface area contributed by atoms with Gasteiger partial charge in [0.05, 0.1) is 10.9 Å². The van der Waals surface area contributed by atoms with Crippen LogP contribution in [0.1, 0.15) is 59.9 Å². The third-order valence-corrected chi connectivity index (χ3v) is 16.2. The Morgan fingerprint density at radius 2 is 1.74 bits per heavy atom. The van der Waals surface area contributed by atoms with Gasteiger partial charge in [-0.15, -0.1) is 5.54 Å². The van der Waals surface area contributed by atoms with Crippen LogP contribution in [0.15, 0.2) is 35.6 Å². The first-order valence-electron chi connectivity index (χ1n) is 15.7. The number of halogens is 2. The maximum absolute atomic E-state index is 16.8. The van der Waals surface area contributed by atoms with Crippen molar-refractivity contribution in [2.24, 2.45) is 0 Å². The summed E-state index contributed by atoms with van der Waals surface area (Å²) < 4.78 is 56.2. The summed E-state index contributed by atoms with van der Waals surface area (Å²) in [7, 11) is 1.17. The number of methoxy groups -OCH3 is 1. The van der Waals surface area contributed by atoms with Gasteiger partial charge in [-0.3, -0.25) is 0 Å². The summed E-state index contributed by atoms with van der Waals surface area (Å²) >= 11 is -1.54. The molecule has 0 spiro atoms. The molecule has 1 atom stereocenters. The molecule has 7 nitrogen and oxygen atoms in total. The fraction of sp³-hybridized carbons (Fsp3) is 0.457. The van der Waals surface area contributed by atoms with Gasteiger partial charge in [-0.1, -0.05) is 53.5 Å². The molecule has 0 N–H and O–H groups in total. The molecule has 2 heterocycles. The minimum atomic E-state index is -2.25. The van der Waals surface area contributed by atoms with Crippen LogP contribution in [0.25, 0.3) is 32.9 Å². The Hall–Kier alpha value is -3.30. The Morgan fingerprint density at radius 1 is 1.07 bits per heavy atom. The Kier molecular flexibility index (Phi) is 9.94. The first-order chi connectivity index (χ1) is 21.8. The molecular formula is C35H42F2N4O3SSi. The number of pyridine rings is 1. The SMILES string of the molecule is COCOc1cc(-c2nc(N(C)C3CC3)c3cnc([S+](C)[O-])nc3c2F)c2c(C#C[Si](C(C)C)(C(C)C)C(C)C)c(F)ccc2c1. The lowest BCUT2D eigenvalue weighted by molar-refractivity contribution is 0.0512. The number of rotatable bonds is 10. The molecular weight excluding hydrogens is 623 g/mol. The molecule has 5 rings (SSSR count). The van der Waals surface area contributed by atoms with Crippen molar-refractivity contribution in [1.82, 2.24) is 15.0 Å². The topological polar surface area (TPSA) is 83.4 Å². The minimum Gasteiger partial charge on any atom is -0.609 e. The zero-order chi connectivity index (χ0) is 33.5. The molecule has 11 heteroatoms. The smallest absolute Gasteiger partial charge is 0.343 e. The Balaban J connectivity index is 1.89. The van der Waals surface area contributed by atoms with E-state index in [0.717, 1.165) is 12.8 Å². The zero-order valence-electron chi connectivity index (χ0n) is 28.0. The van der Waals surface area contributed by atoms with Crippen LogP contribution in [0.2, 0.25) is 16.6 Å². The van der Waals surface area contributed by atoms with Crippen molar-refractivity contribution in [3.05, 3.63) is 47.7 Å². The summed E-state index contributed by atoms with van der Waals surface area (Å²) in [4.78, 5) is 15.5. The second-order valence-corrected chi connectivity index (χ2v) is 19.9. The van der Waals surface area contributed by atoms with Crippen LogP contribution >= 0.6 is 0 Å². The lowest BCUT2D eigenvalue weighted by Gasteiger charge is -2.38. The molecule has 2 aromatic heterocycles. The molecule has 2 aromatic carbocycles. The van der Waals surface area contributed by atoms with Gasteiger partial charge in [0.15, 0.2) is 12.6 Å². The molecule has 244 valence electrons. The number of aromatic nitrogens is 3. The van der Waals surface area contributed by atoms with E-state index in [0.29, 0.717) is 49.9 Å². The van der Waals surface area contributed by atoms with E-state index in [1.807, 2.05) is 11.9 Å². The average molecular weight is 665 g/mol. The highest BCUT2D eigenvalue weighted by molar-refractivity contribution is 7.90. The van der Waals surface area contributed by atoms with Gasteiger partial charge < -0.3 is 18.9 Å². The standard InChI is InChI=1S/C35H42F2N4O3SSi/c1-20(2)46(21(3)4,22(5)6)15-14-26-29(36)13-10-23-16-25(44-19-43-8)17-27(30(23)26)32-31(37)33-28(18-38-35(40-33)45(9)42)34(39-32)41(7)24-11-12-24/h10,13,16-18,20-22,24H,11-12,19H2,1-9H3. The third-order valence-electron chi connectivity index (χ3n) is 9.24. The van der Waals surface area contributed by atoms with E-state index in [9.17, 15) is 4.55 Å². The van der Waals surface area contributed by atoms with E-state index in [-0.39, 0.29) is 34.8 Å². The fourth-order valence-corrected chi connectivity index (χ4v) is 12.4. The average Bonchev–Trinajstić information content (AvgIpc) is 3.86. The molecule has 1 fully saturated rings. The summed E-state index contributed by atoms with van der Waals surface area (Å²) in [5.41, 5.74) is 5.15. The van der Waals surface area contributed by atoms with Gasteiger partial charge >= 0.3 is 5.16 Å². The van der Waals surface area contributed by atoms with Crippen molar-refractivity contribution in [2.45, 2.75) is 82.2 Å². The maximum atomic E-state index is 16.8. The number of fused-ring (bicyclic) bond motifs is 2. The predicted octanol–water partition coefficient (Wildman–Crippen LogP) is 8.01. The first kappa shape index (κ1) is 34.0. The quantitative estimate of drug-likeness (QED) is 0.0558. The van der Waals surface area contributed by atoms with Crippen LogP contribution in [-0.4, -0.2) is 60.8 Å². The van der Waals surface area contributed by atoms with Crippen LogP contribution in [0.5, 0.6) is 5.75 Å². The van der Waals surface area contributed by atoms with E-state index in [1.165, 1.54) is 25.6 Å². The summed E-state index contributed by atoms with van der Waals surface area (Å²) in [6.45, 7) is 13.2. The highest BCUT2D eigenvalue weighted by Crippen LogP contribution is 2.43. The van der Waals surface area contributed by atoms with E-state index < -0.39 is 30.9 Å². The molecule has 1 aliphatic carbocycles. The molecule has 1 aliphatic rings. The number of nitrogens with zero attached hydrogens (tertiary/aromatic N) is 4. The summed E-state index contributed by atoms with van der Waals surface area (Å²) in [6.07, 6.45) is 4.89. The molecule has 0 saturated heterocycles. The summed E-state index contributed by atoms with van der Waals surface area (Å²) in [5.74, 6) is 2.99. The van der Waals surface area contributed by atoms with Crippen molar-refractivity contribution >= 4 is 46.7 Å². The molecule has 0 bridgehead atoms. The van der Waals surface area contributed by atoms with Gasteiger partial charge in [-0.05, 0) is 53.1 Å². The van der Waals surface area contributed by atoms with Crippen LogP contribution in [0.4, 0.5) is 14.6 Å². The lowest BCUT2D eigenvalue weighted by atomic mass is 9.95. The van der Waals surface area contributed by atoms with Crippen molar-refractivity contribution in [1.29, 1.82) is 0 Å². The van der Waals surface area contributed by atoms with E-state index in [4.69, 9.17) is 14.5 Å². The predicted molar refractivity (Wildman–Crippen MR) is 184 cm³/mol. The molecule has 46 heavy (non-hydrogen) atoms. The van der Waals surface area contributed by atoms with Crippen LogP contribution in [-0.2, 0) is 15.9 Å². The second-order valence-electron chi connectivity index (χ2n) is 13.0. The van der Waals surface area contributed by atoms with Gasteiger partial charge in [0.25, 0.3) is 0 Å². The number of hydrogen-bond donors (Lipinski definition) is 0. The zero-order valence-corrected chi connectivity index (χ0v) is 29.8. The largest absolute Gasteiger partial charge is 0.609 e. The van der Waals surface area contributed by atoms with Crippen molar-refractivity contribution in [3.63, 3.8) is 0 Å². The fourth-order valence-electron chi connectivity index (χ4n) is 6.78. The molecule has 1 unspecified atom stereocenters. The monoisotopic (exact) mass is 664 g/mol. The molecule has 4 aromatic rings. The van der Waals surface area contributed by atoms with Gasteiger partial charge in [-0.25, -0.2) is 13.8 Å². The second kappa shape index (κ2) is 13.4. The van der Waals surface area contributed by atoms with E-state index in [1.54, 1.807) is 18.2 Å². The molecule has 0 radical (unpaired) electrons. The van der Waals surface area contributed by atoms with Crippen molar-refractivity contribution in [2.75, 3.05) is 32.1 Å². The van der Waals surface area contributed by atoms with Gasteiger partial charge in [0.1, 0.15) is 42.9 Å². The lowest BCUT2D eigenvalue weighted by Crippen LogP contribution is -2.43. The Bertz CT molecular complexity index is 1810. The van der Waals surface area contributed by atoms with E-state index in [2.05, 4.69) is 63.0 Å². The summed E-state index contributed by atoms with van der Waals surface area (Å²) in [6, 6.07) is 6.71. The van der Waals surface area contributed by atoms with Crippen molar-refractivity contribution < 1.29 is 22.8 Å². The minimum absolute atomic E-state index is 0.000974. The number of ether oxygens (including phenoxy) is 2. The highest BCUT2D eigenvalue weighted by atomic mass is 32.2. The van der Waals surface area contributed by atoms with E-state index >= 15 is 8.78 Å². The van der Waals surface area contributed by atoms with Gasteiger partial charge in [0, 0.05) is 48.5 Å². The van der Waals surface area contributed by atoms with Crippen LogP contribution in [0, 0.1) is 23.1 Å². The Labute approximate surface area is 274 Å². The highest BCUT2D eigenvalue weighted by Gasteiger charge is 2.42. The van der Waals surface area contributed by atoms with Crippen LogP contribution < -0.4 is 9.64 Å².